The number of ether oxygens (including phenoxy) is 2. The summed E-state index contributed by atoms with van der Waals surface area (Å²) in [6, 6.07) is 14.8. The number of hydrazone groups is 1. The smallest absolute Gasteiger partial charge is 0.493 e. The number of methoxy groups -OCH3 is 1. The number of carbonyl (C=O) groups excluding carboxylic acids is 2. The van der Waals surface area contributed by atoms with E-state index in [0.29, 0.717) is 28.3 Å². The lowest BCUT2D eigenvalue weighted by Crippen LogP contribution is -2.36. The van der Waals surface area contributed by atoms with Gasteiger partial charge in [-0.05, 0) is 53.8 Å². The number of rotatable bonds is 8. The summed E-state index contributed by atoms with van der Waals surface area (Å²) < 4.78 is 47.9. The van der Waals surface area contributed by atoms with Gasteiger partial charge in [-0.25, -0.2) is 5.01 Å². The molecular weight excluding hydrogens is 507 g/mol. The SMILES string of the molecule is CCC1CC(=O)N(Cc2ccc(NC(=O)c3cccs3)cc2)N=C1c1ccc(OC)c(OC(F)(F)F)c1. The molecule has 2 aromatic carbocycles. The Kier molecular flexibility index (Phi) is 7.82. The first-order valence-corrected chi connectivity index (χ1v) is 12.3. The highest BCUT2D eigenvalue weighted by molar-refractivity contribution is 7.12. The van der Waals surface area contributed by atoms with Crippen molar-refractivity contribution in [1.82, 2.24) is 5.01 Å². The van der Waals surface area contributed by atoms with Crippen molar-refractivity contribution in [2.24, 2.45) is 11.0 Å². The number of carbonyl (C=O) groups is 2. The molecule has 0 radical (unpaired) electrons. The van der Waals surface area contributed by atoms with Crippen LogP contribution in [0.4, 0.5) is 18.9 Å². The molecule has 194 valence electrons. The predicted molar refractivity (Wildman–Crippen MR) is 134 cm³/mol. The minimum Gasteiger partial charge on any atom is -0.493 e. The maximum Gasteiger partial charge on any atom is 0.573 e. The van der Waals surface area contributed by atoms with Crippen LogP contribution in [0.25, 0.3) is 0 Å². The molecule has 0 spiro atoms. The number of nitrogens with one attached hydrogen (secondary N) is 1. The highest BCUT2D eigenvalue weighted by Crippen LogP contribution is 2.35. The van der Waals surface area contributed by atoms with Crippen LogP contribution < -0.4 is 14.8 Å². The molecule has 11 heteroatoms. The fraction of sp³-hybridized carbons (Fsp3) is 0.269. The van der Waals surface area contributed by atoms with Crippen LogP contribution in [0.5, 0.6) is 11.5 Å². The van der Waals surface area contributed by atoms with Crippen molar-refractivity contribution in [3.8, 4) is 11.5 Å². The molecule has 0 fully saturated rings. The monoisotopic (exact) mass is 531 g/mol. The predicted octanol–water partition coefficient (Wildman–Crippen LogP) is 6.07. The van der Waals surface area contributed by atoms with Gasteiger partial charge in [0.15, 0.2) is 11.5 Å². The Morgan fingerprint density at radius 3 is 2.54 bits per heavy atom. The Bertz CT molecular complexity index is 1290. The van der Waals surface area contributed by atoms with Crippen LogP contribution in [0.15, 0.2) is 65.1 Å². The summed E-state index contributed by atoms with van der Waals surface area (Å²) in [7, 11) is 1.25. The van der Waals surface area contributed by atoms with Crippen molar-refractivity contribution in [2.45, 2.75) is 32.7 Å². The summed E-state index contributed by atoms with van der Waals surface area (Å²) in [5.41, 5.74) is 2.29. The van der Waals surface area contributed by atoms with E-state index in [1.165, 1.54) is 35.6 Å². The quantitative estimate of drug-likeness (QED) is 0.383. The molecule has 1 unspecified atom stereocenters. The van der Waals surface area contributed by atoms with E-state index in [1.807, 2.05) is 12.3 Å². The van der Waals surface area contributed by atoms with E-state index in [0.717, 1.165) is 5.56 Å². The second-order valence-corrected chi connectivity index (χ2v) is 9.24. The molecule has 1 aromatic heterocycles. The summed E-state index contributed by atoms with van der Waals surface area (Å²) >= 11 is 1.34. The molecule has 1 aliphatic heterocycles. The van der Waals surface area contributed by atoms with Gasteiger partial charge in [0.1, 0.15) is 0 Å². The van der Waals surface area contributed by atoms with Crippen molar-refractivity contribution < 1.29 is 32.2 Å². The maximum atomic E-state index is 12.9. The van der Waals surface area contributed by atoms with E-state index < -0.39 is 12.1 Å². The van der Waals surface area contributed by atoms with Crippen LogP contribution in [0.2, 0.25) is 0 Å². The van der Waals surface area contributed by atoms with E-state index in [1.54, 1.807) is 42.5 Å². The van der Waals surface area contributed by atoms with E-state index in [-0.39, 0.29) is 36.4 Å². The van der Waals surface area contributed by atoms with Crippen LogP contribution in [0.1, 0.15) is 40.6 Å². The molecule has 0 bridgehead atoms. The third-order valence-corrected chi connectivity index (χ3v) is 6.66. The lowest BCUT2D eigenvalue weighted by Gasteiger charge is -2.29. The van der Waals surface area contributed by atoms with Crippen LogP contribution in [-0.2, 0) is 11.3 Å². The normalized spacial score (nSPS) is 15.8. The van der Waals surface area contributed by atoms with Crippen LogP contribution in [0, 0.1) is 5.92 Å². The molecule has 0 aliphatic carbocycles. The summed E-state index contributed by atoms with van der Waals surface area (Å²) in [6.45, 7) is 2.06. The van der Waals surface area contributed by atoms with Crippen LogP contribution in [0.3, 0.4) is 0 Å². The van der Waals surface area contributed by atoms with Gasteiger partial charge in [-0.15, -0.1) is 24.5 Å². The maximum absolute atomic E-state index is 12.9. The first-order chi connectivity index (χ1) is 17.7. The van der Waals surface area contributed by atoms with Gasteiger partial charge in [-0.3, -0.25) is 9.59 Å². The van der Waals surface area contributed by atoms with Gasteiger partial charge < -0.3 is 14.8 Å². The van der Waals surface area contributed by atoms with Gasteiger partial charge in [0.25, 0.3) is 5.91 Å². The molecule has 2 amide bonds. The number of nitrogens with zero attached hydrogens (tertiary/aromatic N) is 2. The second-order valence-electron chi connectivity index (χ2n) is 8.29. The average molecular weight is 532 g/mol. The Hall–Kier alpha value is -3.86. The number of amides is 2. The molecule has 0 saturated heterocycles. The van der Waals surface area contributed by atoms with Crippen molar-refractivity contribution in [1.29, 1.82) is 0 Å². The number of benzene rings is 2. The molecule has 37 heavy (non-hydrogen) atoms. The van der Waals surface area contributed by atoms with Gasteiger partial charge in [-0.2, -0.15) is 5.10 Å². The Morgan fingerprint density at radius 1 is 1.16 bits per heavy atom. The Balaban J connectivity index is 1.55. The highest BCUT2D eigenvalue weighted by Gasteiger charge is 2.34. The van der Waals surface area contributed by atoms with Gasteiger partial charge in [0, 0.05) is 23.6 Å². The first kappa shape index (κ1) is 26.2. The minimum absolute atomic E-state index is 0.0651. The fourth-order valence-electron chi connectivity index (χ4n) is 3.94. The van der Waals surface area contributed by atoms with Gasteiger partial charge in [-0.1, -0.05) is 25.1 Å². The number of thiophene rings is 1. The summed E-state index contributed by atoms with van der Waals surface area (Å²) in [4.78, 5) is 25.6. The molecule has 3 aromatic rings. The molecule has 1 N–H and O–H groups in total. The molecular formula is C26H24F3N3O4S. The zero-order valence-electron chi connectivity index (χ0n) is 20.0. The number of anilines is 1. The highest BCUT2D eigenvalue weighted by atomic mass is 32.1. The summed E-state index contributed by atoms with van der Waals surface area (Å²) in [5.74, 6) is -1.20. The lowest BCUT2D eigenvalue weighted by atomic mass is 9.89. The van der Waals surface area contributed by atoms with Crippen LogP contribution >= 0.6 is 11.3 Å². The van der Waals surface area contributed by atoms with Crippen molar-refractivity contribution in [3.05, 3.63) is 76.0 Å². The van der Waals surface area contributed by atoms with Gasteiger partial charge in [0.2, 0.25) is 5.91 Å². The van der Waals surface area contributed by atoms with Crippen molar-refractivity contribution in [2.75, 3.05) is 12.4 Å². The first-order valence-electron chi connectivity index (χ1n) is 11.4. The minimum atomic E-state index is -4.89. The van der Waals surface area contributed by atoms with E-state index in [2.05, 4.69) is 15.2 Å². The summed E-state index contributed by atoms with van der Waals surface area (Å²) in [6.07, 6.45) is -4.13. The summed E-state index contributed by atoms with van der Waals surface area (Å²) in [5, 5.41) is 10.5. The molecule has 4 rings (SSSR count). The topological polar surface area (TPSA) is 80.2 Å². The van der Waals surface area contributed by atoms with E-state index in [9.17, 15) is 22.8 Å². The third-order valence-electron chi connectivity index (χ3n) is 5.79. The molecule has 1 aliphatic rings. The Morgan fingerprint density at radius 2 is 1.92 bits per heavy atom. The lowest BCUT2D eigenvalue weighted by molar-refractivity contribution is -0.275. The van der Waals surface area contributed by atoms with Crippen molar-refractivity contribution in [3.63, 3.8) is 0 Å². The van der Waals surface area contributed by atoms with E-state index >= 15 is 0 Å². The molecule has 0 saturated carbocycles. The number of hydrogen-bond donors (Lipinski definition) is 1. The molecule has 7 nitrogen and oxygen atoms in total. The number of alkyl halides is 3. The van der Waals surface area contributed by atoms with E-state index in [4.69, 9.17) is 4.74 Å². The van der Waals surface area contributed by atoms with Gasteiger partial charge >= 0.3 is 6.36 Å². The Labute approximate surface area is 215 Å². The van der Waals surface area contributed by atoms with Crippen LogP contribution in [-0.4, -0.2) is 36.0 Å². The van der Waals surface area contributed by atoms with Gasteiger partial charge in [0.05, 0.1) is 24.2 Å². The zero-order chi connectivity index (χ0) is 26.6. The number of hydrogen-bond acceptors (Lipinski definition) is 6. The van der Waals surface area contributed by atoms with Crippen molar-refractivity contribution >= 4 is 34.6 Å². The third kappa shape index (κ3) is 6.48. The standard InChI is InChI=1S/C26H24F3N3O4S/c1-3-17-14-23(33)32(15-16-6-9-19(10-7-16)30-25(34)22-5-4-12-37-22)31-24(17)18-8-11-20(35-2)21(13-18)36-26(27,28)29/h4-13,17H,3,14-15H2,1-2H3,(H,30,34). The zero-order valence-corrected chi connectivity index (χ0v) is 20.9. The second kappa shape index (κ2) is 11.0. The fourth-order valence-corrected chi connectivity index (χ4v) is 4.56. The largest absolute Gasteiger partial charge is 0.573 e. The molecule has 2 heterocycles. The molecule has 1 atom stereocenters. The average Bonchev–Trinajstić information content (AvgIpc) is 3.40. The number of halogens is 3.